The second-order valence-corrected chi connectivity index (χ2v) is 7.40. The second-order valence-electron chi connectivity index (χ2n) is 7.40. The number of benzene rings is 1. The number of hydrogen-bond donors (Lipinski definition) is 1. The molecule has 1 aromatic rings. The fraction of sp³-hybridized carbons (Fsp3) is 0.667. The maximum absolute atomic E-state index is 3.41. The number of rotatable bonds is 3. The monoisotopic (exact) mass is 259 g/mol. The van der Waals surface area contributed by atoms with Crippen LogP contribution in [0.25, 0.3) is 0 Å². The summed E-state index contributed by atoms with van der Waals surface area (Å²) in [6.07, 6.45) is 4.05. The van der Waals surface area contributed by atoms with Crippen LogP contribution >= 0.6 is 0 Å². The topological polar surface area (TPSA) is 12.0 Å². The first kappa shape index (κ1) is 14.6. The van der Waals surface area contributed by atoms with Gasteiger partial charge in [0.05, 0.1) is 0 Å². The molecule has 1 N–H and O–H groups in total. The van der Waals surface area contributed by atoms with Gasteiger partial charge in [-0.2, -0.15) is 0 Å². The van der Waals surface area contributed by atoms with Gasteiger partial charge in [0, 0.05) is 12.0 Å². The van der Waals surface area contributed by atoms with Crippen molar-refractivity contribution in [1.29, 1.82) is 0 Å². The Morgan fingerprint density at radius 2 is 1.63 bits per heavy atom. The molecular weight excluding hydrogens is 230 g/mol. The fourth-order valence-electron chi connectivity index (χ4n) is 3.69. The Hall–Kier alpha value is -0.820. The van der Waals surface area contributed by atoms with Gasteiger partial charge in [-0.1, -0.05) is 39.3 Å². The van der Waals surface area contributed by atoms with E-state index >= 15 is 0 Å². The van der Waals surface area contributed by atoms with Gasteiger partial charge >= 0.3 is 0 Å². The van der Waals surface area contributed by atoms with Crippen molar-refractivity contribution in [1.82, 2.24) is 5.32 Å². The Morgan fingerprint density at radius 1 is 1.11 bits per heavy atom. The van der Waals surface area contributed by atoms with E-state index in [1.807, 2.05) is 0 Å². The van der Waals surface area contributed by atoms with E-state index in [2.05, 4.69) is 59.1 Å². The number of hydrogen-bond acceptors (Lipinski definition) is 1. The van der Waals surface area contributed by atoms with Crippen molar-refractivity contribution in [3.8, 4) is 0 Å². The summed E-state index contributed by atoms with van der Waals surface area (Å²) in [7, 11) is 2.08. The number of aryl methyl sites for hydroxylation is 2. The van der Waals surface area contributed by atoms with Gasteiger partial charge in [0.1, 0.15) is 0 Å². The first-order valence-corrected chi connectivity index (χ1v) is 7.57. The van der Waals surface area contributed by atoms with E-state index in [9.17, 15) is 0 Å². The van der Waals surface area contributed by atoms with Crippen LogP contribution in [0.15, 0.2) is 12.1 Å². The highest BCUT2D eigenvalue weighted by Gasteiger charge is 2.40. The average Bonchev–Trinajstić information content (AvgIpc) is 2.23. The minimum absolute atomic E-state index is 0.240. The van der Waals surface area contributed by atoms with Crippen molar-refractivity contribution in [3.05, 3.63) is 34.4 Å². The van der Waals surface area contributed by atoms with Gasteiger partial charge in [-0.15, -0.1) is 0 Å². The zero-order valence-corrected chi connectivity index (χ0v) is 13.5. The van der Waals surface area contributed by atoms with Crippen LogP contribution in [0.2, 0.25) is 0 Å². The lowest BCUT2D eigenvalue weighted by molar-refractivity contribution is 0.236. The smallest absolute Gasteiger partial charge is 0.00829 e. The lowest BCUT2D eigenvalue weighted by Gasteiger charge is -2.44. The zero-order chi connectivity index (χ0) is 14.3. The average molecular weight is 259 g/mol. The second kappa shape index (κ2) is 4.94. The molecule has 0 spiro atoms. The van der Waals surface area contributed by atoms with Crippen LogP contribution in [-0.4, -0.2) is 13.6 Å². The van der Waals surface area contributed by atoms with Gasteiger partial charge in [0.2, 0.25) is 0 Å². The Bertz CT molecular complexity index is 438. The summed E-state index contributed by atoms with van der Waals surface area (Å²) < 4.78 is 0. The van der Waals surface area contributed by atoms with E-state index < -0.39 is 0 Å². The quantitative estimate of drug-likeness (QED) is 0.856. The highest BCUT2D eigenvalue weighted by atomic mass is 14.8. The highest BCUT2D eigenvalue weighted by molar-refractivity contribution is 5.46. The van der Waals surface area contributed by atoms with Crippen LogP contribution in [0.1, 0.15) is 62.3 Å². The van der Waals surface area contributed by atoms with E-state index in [1.165, 1.54) is 36.0 Å². The Kier molecular flexibility index (Phi) is 3.79. The van der Waals surface area contributed by atoms with E-state index in [0.29, 0.717) is 5.41 Å². The first-order chi connectivity index (χ1) is 8.80. The Morgan fingerprint density at radius 3 is 1.95 bits per heavy atom. The molecule has 1 aliphatic carbocycles. The molecule has 1 aliphatic rings. The van der Waals surface area contributed by atoms with Gasteiger partial charge in [-0.05, 0) is 61.4 Å². The third-order valence-electron chi connectivity index (χ3n) is 4.75. The van der Waals surface area contributed by atoms with E-state index in [0.717, 1.165) is 6.54 Å². The summed E-state index contributed by atoms with van der Waals surface area (Å²) in [4.78, 5) is 0. The summed E-state index contributed by atoms with van der Waals surface area (Å²) >= 11 is 0. The molecule has 0 heterocycles. The predicted octanol–water partition coefficient (Wildman–Crippen LogP) is 4.24. The Labute approximate surface area is 118 Å². The molecule has 106 valence electrons. The fourth-order valence-corrected chi connectivity index (χ4v) is 3.69. The van der Waals surface area contributed by atoms with E-state index in [-0.39, 0.29) is 5.41 Å². The molecule has 0 atom stereocenters. The van der Waals surface area contributed by atoms with Gasteiger partial charge in [-0.25, -0.2) is 0 Å². The van der Waals surface area contributed by atoms with Crippen molar-refractivity contribution < 1.29 is 0 Å². The van der Waals surface area contributed by atoms with Gasteiger partial charge < -0.3 is 5.32 Å². The molecule has 1 heteroatoms. The number of likely N-dealkylation sites (N-methyl/N-ethyl adjacent to an activating group) is 1. The molecule has 1 fully saturated rings. The van der Waals surface area contributed by atoms with Gasteiger partial charge in [-0.3, -0.25) is 0 Å². The van der Waals surface area contributed by atoms with Crippen molar-refractivity contribution in [3.63, 3.8) is 0 Å². The minimum Gasteiger partial charge on any atom is -0.319 e. The third kappa shape index (κ3) is 2.58. The Balaban J connectivity index is 2.48. The minimum atomic E-state index is 0.240. The van der Waals surface area contributed by atoms with Crippen molar-refractivity contribution in [2.24, 2.45) is 0 Å². The van der Waals surface area contributed by atoms with Crippen LogP contribution in [-0.2, 0) is 10.8 Å². The molecule has 0 aromatic heterocycles. The molecular formula is C18H29N. The van der Waals surface area contributed by atoms with Crippen molar-refractivity contribution in [2.45, 2.75) is 64.7 Å². The van der Waals surface area contributed by atoms with Crippen LogP contribution in [0.5, 0.6) is 0 Å². The molecule has 1 nitrogen and oxygen atoms in total. The third-order valence-corrected chi connectivity index (χ3v) is 4.75. The molecule has 1 saturated carbocycles. The summed E-state index contributed by atoms with van der Waals surface area (Å²) in [5.41, 5.74) is 6.69. The van der Waals surface area contributed by atoms with Crippen LogP contribution < -0.4 is 5.32 Å². The van der Waals surface area contributed by atoms with Crippen molar-refractivity contribution >= 4 is 0 Å². The molecule has 2 rings (SSSR count). The van der Waals surface area contributed by atoms with Gasteiger partial charge in [0.15, 0.2) is 0 Å². The van der Waals surface area contributed by atoms with Crippen molar-refractivity contribution in [2.75, 3.05) is 13.6 Å². The largest absolute Gasteiger partial charge is 0.319 e. The lowest BCUT2D eigenvalue weighted by Crippen LogP contribution is -2.44. The molecule has 0 unspecified atom stereocenters. The maximum Gasteiger partial charge on any atom is 0.00829 e. The summed E-state index contributed by atoms with van der Waals surface area (Å²) in [6.45, 7) is 12.6. The molecule has 0 bridgehead atoms. The van der Waals surface area contributed by atoms with Crippen LogP contribution in [0, 0.1) is 13.8 Å². The van der Waals surface area contributed by atoms with E-state index in [1.54, 1.807) is 5.56 Å². The van der Waals surface area contributed by atoms with E-state index in [4.69, 9.17) is 0 Å². The SMILES string of the molecule is CNCC1(c2c(C)cc(C(C)(C)C)cc2C)CCC1. The van der Waals surface area contributed by atoms with Crippen LogP contribution in [0.4, 0.5) is 0 Å². The lowest BCUT2D eigenvalue weighted by atomic mass is 9.62. The van der Waals surface area contributed by atoms with Gasteiger partial charge in [0.25, 0.3) is 0 Å². The summed E-state index contributed by atoms with van der Waals surface area (Å²) in [5.74, 6) is 0. The summed E-state index contributed by atoms with van der Waals surface area (Å²) in [6, 6.07) is 4.83. The molecule has 0 aliphatic heterocycles. The first-order valence-electron chi connectivity index (χ1n) is 7.57. The molecule has 19 heavy (non-hydrogen) atoms. The van der Waals surface area contributed by atoms with Crippen LogP contribution in [0.3, 0.4) is 0 Å². The molecule has 0 radical (unpaired) electrons. The maximum atomic E-state index is 3.41. The number of nitrogens with one attached hydrogen (secondary N) is 1. The molecule has 1 aromatic carbocycles. The molecule has 0 saturated heterocycles. The molecule has 0 amide bonds. The highest BCUT2D eigenvalue weighted by Crippen LogP contribution is 2.46. The summed E-state index contributed by atoms with van der Waals surface area (Å²) in [5, 5.41) is 3.41. The predicted molar refractivity (Wildman–Crippen MR) is 84.1 cm³/mol. The zero-order valence-electron chi connectivity index (χ0n) is 13.5. The normalized spacial score (nSPS) is 18.2. The standard InChI is InChI=1S/C18H29N/c1-13-10-15(17(3,4)5)11-14(2)16(13)18(12-19-6)8-7-9-18/h10-11,19H,7-9,12H2,1-6H3.